The molecule has 3 nitrogen and oxygen atoms in total. The van der Waals surface area contributed by atoms with Crippen LogP contribution in [0.3, 0.4) is 0 Å². The van der Waals surface area contributed by atoms with E-state index >= 15 is 0 Å². The SMILES string of the molecule is CC(CCC(C)(C)N1CC(F)C2(CC2)C1)N1C2CCC(OC2)C1C(F)(F)F. The van der Waals surface area contributed by atoms with Crippen molar-refractivity contribution < 1.29 is 22.3 Å². The number of rotatable bonds is 5. The molecule has 2 bridgehead atoms. The zero-order chi connectivity index (χ0) is 19.6. The Morgan fingerprint density at radius 1 is 1.19 bits per heavy atom. The first-order chi connectivity index (χ1) is 12.5. The minimum atomic E-state index is -4.26. The van der Waals surface area contributed by atoms with E-state index in [1.165, 1.54) is 0 Å². The second kappa shape index (κ2) is 6.56. The van der Waals surface area contributed by atoms with Crippen LogP contribution in [0.25, 0.3) is 0 Å². The Labute approximate surface area is 159 Å². The summed E-state index contributed by atoms with van der Waals surface area (Å²) in [7, 11) is 0. The average molecular weight is 392 g/mol. The van der Waals surface area contributed by atoms with Crippen LogP contribution in [0, 0.1) is 5.41 Å². The number of fused-ring (bicyclic) bond motifs is 3. The topological polar surface area (TPSA) is 15.7 Å². The zero-order valence-electron chi connectivity index (χ0n) is 16.6. The van der Waals surface area contributed by atoms with Gasteiger partial charge in [-0.15, -0.1) is 0 Å². The number of hydrogen-bond donors (Lipinski definition) is 0. The Bertz CT molecular complexity index is 555. The van der Waals surface area contributed by atoms with Crippen LogP contribution in [-0.4, -0.2) is 71.6 Å². The summed E-state index contributed by atoms with van der Waals surface area (Å²) in [5, 5.41) is 0. The van der Waals surface area contributed by atoms with Crippen molar-refractivity contribution in [2.24, 2.45) is 5.41 Å². The fourth-order valence-electron chi connectivity index (χ4n) is 5.57. The predicted molar refractivity (Wildman–Crippen MR) is 95.4 cm³/mol. The molecule has 27 heavy (non-hydrogen) atoms. The van der Waals surface area contributed by atoms with E-state index < -0.39 is 24.5 Å². The van der Waals surface area contributed by atoms with Gasteiger partial charge in [-0.1, -0.05) is 0 Å². The Morgan fingerprint density at radius 3 is 2.41 bits per heavy atom. The van der Waals surface area contributed by atoms with Gasteiger partial charge in [0.15, 0.2) is 0 Å². The zero-order valence-corrected chi connectivity index (χ0v) is 16.6. The van der Waals surface area contributed by atoms with Crippen LogP contribution in [0.1, 0.15) is 59.3 Å². The molecule has 4 heterocycles. The standard InChI is InChI=1S/C20H32F4N2O/c1-13(26-14-4-5-15(27-11-14)17(26)20(22,23)24)6-7-18(2,3)25-10-16(21)19(12-25)8-9-19/h13-17H,4-12H2,1-3H3. The quantitative estimate of drug-likeness (QED) is 0.654. The number of nitrogens with zero attached hydrogens (tertiary/aromatic N) is 2. The second-order valence-corrected chi connectivity index (χ2v) is 9.95. The lowest BCUT2D eigenvalue weighted by atomic mass is 9.86. The summed E-state index contributed by atoms with van der Waals surface area (Å²) in [4.78, 5) is 3.90. The van der Waals surface area contributed by atoms with Gasteiger partial charge in [0.2, 0.25) is 0 Å². The third kappa shape index (κ3) is 3.52. The van der Waals surface area contributed by atoms with E-state index in [9.17, 15) is 17.6 Å². The Morgan fingerprint density at radius 2 is 1.89 bits per heavy atom. The van der Waals surface area contributed by atoms with Gasteiger partial charge < -0.3 is 4.74 Å². The van der Waals surface area contributed by atoms with E-state index in [4.69, 9.17) is 4.74 Å². The molecule has 5 rings (SSSR count). The maximum absolute atomic E-state index is 14.3. The average Bonchev–Trinajstić information content (AvgIpc) is 3.31. The van der Waals surface area contributed by atoms with Crippen LogP contribution in [0.5, 0.6) is 0 Å². The Hall–Kier alpha value is -0.400. The van der Waals surface area contributed by atoms with Crippen LogP contribution < -0.4 is 0 Å². The number of morpholine rings is 1. The Kier molecular flexibility index (Phi) is 4.83. The van der Waals surface area contributed by atoms with Crippen molar-refractivity contribution in [2.45, 2.75) is 101 Å². The van der Waals surface area contributed by atoms with Gasteiger partial charge in [0.1, 0.15) is 12.2 Å². The molecule has 1 spiro atoms. The summed E-state index contributed by atoms with van der Waals surface area (Å²) in [5.41, 5.74) is -0.308. The molecule has 1 aliphatic carbocycles. The van der Waals surface area contributed by atoms with Crippen molar-refractivity contribution in [3.8, 4) is 0 Å². The summed E-state index contributed by atoms with van der Waals surface area (Å²) in [6.45, 7) is 7.81. The molecule has 1 saturated carbocycles. The second-order valence-electron chi connectivity index (χ2n) is 9.95. The molecular weight excluding hydrogens is 360 g/mol. The fraction of sp³-hybridized carbons (Fsp3) is 1.00. The van der Waals surface area contributed by atoms with Gasteiger partial charge in [0, 0.05) is 36.1 Å². The molecule has 0 aromatic rings. The maximum Gasteiger partial charge on any atom is 0.406 e. The molecule has 5 atom stereocenters. The summed E-state index contributed by atoms with van der Waals surface area (Å²) in [6.07, 6.45) is -1.06. The van der Waals surface area contributed by atoms with Crippen molar-refractivity contribution in [3.05, 3.63) is 0 Å². The van der Waals surface area contributed by atoms with Gasteiger partial charge >= 0.3 is 6.18 Å². The molecule has 0 radical (unpaired) electrons. The van der Waals surface area contributed by atoms with Crippen molar-refractivity contribution in [1.29, 1.82) is 0 Å². The molecule has 0 N–H and O–H groups in total. The van der Waals surface area contributed by atoms with Crippen LogP contribution >= 0.6 is 0 Å². The van der Waals surface area contributed by atoms with Gasteiger partial charge in [-0.05, 0) is 59.3 Å². The first kappa shape index (κ1) is 19.9. The van der Waals surface area contributed by atoms with Crippen molar-refractivity contribution in [3.63, 3.8) is 0 Å². The monoisotopic (exact) mass is 392 g/mol. The largest absolute Gasteiger partial charge is 0.406 e. The maximum atomic E-state index is 14.3. The van der Waals surface area contributed by atoms with Crippen molar-refractivity contribution in [2.75, 3.05) is 19.7 Å². The predicted octanol–water partition coefficient (Wildman–Crippen LogP) is 4.16. The highest BCUT2D eigenvalue weighted by Gasteiger charge is 2.58. The lowest BCUT2D eigenvalue weighted by Gasteiger charge is -2.54. The van der Waals surface area contributed by atoms with E-state index in [0.717, 1.165) is 32.2 Å². The van der Waals surface area contributed by atoms with Gasteiger partial charge in [-0.3, -0.25) is 9.80 Å². The van der Waals surface area contributed by atoms with E-state index in [2.05, 4.69) is 18.7 Å². The smallest absolute Gasteiger partial charge is 0.375 e. The molecule has 5 unspecified atom stereocenters. The van der Waals surface area contributed by atoms with Crippen LogP contribution in [0.2, 0.25) is 0 Å². The van der Waals surface area contributed by atoms with Gasteiger partial charge in [-0.25, -0.2) is 4.39 Å². The van der Waals surface area contributed by atoms with Gasteiger partial charge in [0.25, 0.3) is 0 Å². The highest BCUT2D eigenvalue weighted by molar-refractivity contribution is 5.09. The van der Waals surface area contributed by atoms with E-state index in [1.807, 2.05) is 6.92 Å². The van der Waals surface area contributed by atoms with E-state index in [1.54, 1.807) is 4.90 Å². The molecule has 0 amide bonds. The number of alkyl halides is 4. The number of likely N-dealkylation sites (tertiary alicyclic amines) is 1. The van der Waals surface area contributed by atoms with Gasteiger partial charge in [-0.2, -0.15) is 13.2 Å². The first-order valence-electron chi connectivity index (χ1n) is 10.4. The minimum Gasteiger partial charge on any atom is -0.375 e. The lowest BCUT2D eigenvalue weighted by Crippen LogP contribution is -2.68. The molecule has 4 saturated heterocycles. The molecular formula is C20H32F4N2O. The molecule has 4 aliphatic heterocycles. The van der Waals surface area contributed by atoms with E-state index in [-0.39, 0.29) is 23.0 Å². The molecule has 5 aliphatic rings. The Balaban J connectivity index is 1.40. The number of hydrogen-bond acceptors (Lipinski definition) is 3. The van der Waals surface area contributed by atoms with Crippen LogP contribution in [0.15, 0.2) is 0 Å². The number of piperidine rings is 1. The summed E-state index contributed by atoms with van der Waals surface area (Å²) in [5.74, 6) is 0. The van der Waals surface area contributed by atoms with Gasteiger partial charge in [0.05, 0.1) is 12.7 Å². The minimum absolute atomic E-state index is 0.117. The van der Waals surface area contributed by atoms with Crippen LogP contribution in [-0.2, 0) is 4.74 Å². The molecule has 5 fully saturated rings. The first-order valence-corrected chi connectivity index (χ1v) is 10.4. The van der Waals surface area contributed by atoms with Crippen LogP contribution in [0.4, 0.5) is 17.6 Å². The number of halogens is 4. The number of ether oxygens (including phenoxy) is 1. The summed E-state index contributed by atoms with van der Waals surface area (Å²) >= 11 is 0. The third-order valence-corrected chi connectivity index (χ3v) is 7.70. The molecule has 7 heteroatoms. The van der Waals surface area contributed by atoms with Crippen molar-refractivity contribution in [1.82, 2.24) is 9.80 Å². The highest BCUT2D eigenvalue weighted by atomic mass is 19.4. The third-order valence-electron chi connectivity index (χ3n) is 7.70. The molecule has 156 valence electrons. The fourth-order valence-corrected chi connectivity index (χ4v) is 5.57. The summed E-state index contributed by atoms with van der Waals surface area (Å²) < 4.78 is 60.9. The normalized spacial score (nSPS) is 37.9. The van der Waals surface area contributed by atoms with Crippen molar-refractivity contribution >= 4 is 0 Å². The van der Waals surface area contributed by atoms with E-state index in [0.29, 0.717) is 26.0 Å². The molecule has 0 aromatic heterocycles. The summed E-state index contributed by atoms with van der Waals surface area (Å²) in [6, 6.07) is -1.79. The molecule has 0 aromatic carbocycles. The lowest BCUT2D eigenvalue weighted by molar-refractivity contribution is -0.269. The highest BCUT2D eigenvalue weighted by Crippen LogP contribution is 2.55.